The van der Waals surface area contributed by atoms with Gasteiger partial charge in [0.2, 0.25) is 0 Å². The highest BCUT2D eigenvalue weighted by Gasteiger charge is 2.41. The van der Waals surface area contributed by atoms with Gasteiger partial charge in [0.15, 0.2) is 0 Å². The predicted molar refractivity (Wildman–Crippen MR) is 34.7 cm³/mol. The molecule has 0 aromatic carbocycles. The lowest BCUT2D eigenvalue weighted by Crippen LogP contribution is -2.64. The molecule has 2 saturated heterocycles. The van der Waals surface area contributed by atoms with Gasteiger partial charge in [-0.05, 0) is 0 Å². The van der Waals surface area contributed by atoms with Crippen LogP contribution in [0.15, 0.2) is 0 Å². The zero-order chi connectivity index (χ0) is 7.03. The average Bonchev–Trinajstić information content (AvgIpc) is 1.86. The summed E-state index contributed by atoms with van der Waals surface area (Å²) in [6.07, 6.45) is -0.280. The van der Waals surface area contributed by atoms with Crippen molar-refractivity contribution in [3.63, 3.8) is 0 Å². The molecule has 2 rings (SSSR count). The third-order valence-electron chi connectivity index (χ3n) is 2.12. The first-order chi connectivity index (χ1) is 4.81. The molecule has 1 spiro atoms. The van der Waals surface area contributed by atoms with E-state index in [4.69, 9.17) is 4.74 Å². The molecule has 1 amide bonds. The van der Waals surface area contributed by atoms with Gasteiger partial charge in [-0.2, -0.15) is 0 Å². The molecule has 0 saturated carbocycles. The summed E-state index contributed by atoms with van der Waals surface area (Å²) >= 11 is 0. The molecule has 4 nitrogen and oxygen atoms in total. The molecule has 0 unspecified atom stereocenters. The minimum atomic E-state index is -0.280. The summed E-state index contributed by atoms with van der Waals surface area (Å²) in [6, 6.07) is 0. The first-order valence-corrected chi connectivity index (χ1v) is 3.42. The van der Waals surface area contributed by atoms with Gasteiger partial charge < -0.3 is 15.4 Å². The highest BCUT2D eigenvalue weighted by molar-refractivity contribution is 5.68. The molecule has 0 aromatic heterocycles. The summed E-state index contributed by atoms with van der Waals surface area (Å²) in [5.41, 5.74) is 0.216. The number of cyclic esters (lactones) is 1. The number of hydrogen-bond donors (Lipinski definition) is 2. The average molecular weight is 142 g/mol. The number of rotatable bonds is 0. The third kappa shape index (κ3) is 0.759. The number of carbonyl (C=O) groups excluding carboxylic acids is 1. The fourth-order valence-electron chi connectivity index (χ4n) is 1.29. The summed E-state index contributed by atoms with van der Waals surface area (Å²) in [5.74, 6) is 0. The molecule has 0 atom stereocenters. The third-order valence-corrected chi connectivity index (χ3v) is 2.12. The summed E-state index contributed by atoms with van der Waals surface area (Å²) < 4.78 is 4.85. The second kappa shape index (κ2) is 1.85. The maximum atomic E-state index is 10.5. The summed E-state index contributed by atoms with van der Waals surface area (Å²) in [5, 5.41) is 5.83. The molecule has 10 heavy (non-hydrogen) atoms. The Morgan fingerprint density at radius 2 is 2.20 bits per heavy atom. The minimum absolute atomic E-state index is 0.216. The molecular weight excluding hydrogens is 132 g/mol. The van der Waals surface area contributed by atoms with Crippen molar-refractivity contribution in [1.82, 2.24) is 10.6 Å². The number of alkyl carbamates (subject to hydrolysis) is 1. The molecule has 2 aliphatic heterocycles. The maximum Gasteiger partial charge on any atom is 0.407 e. The van der Waals surface area contributed by atoms with E-state index in [1.165, 1.54) is 0 Å². The van der Waals surface area contributed by atoms with Gasteiger partial charge in [-0.3, -0.25) is 0 Å². The van der Waals surface area contributed by atoms with E-state index in [1.54, 1.807) is 0 Å². The van der Waals surface area contributed by atoms with E-state index in [9.17, 15) is 4.79 Å². The summed E-state index contributed by atoms with van der Waals surface area (Å²) in [4.78, 5) is 10.5. The first kappa shape index (κ1) is 5.97. The Kier molecular flexibility index (Phi) is 1.11. The van der Waals surface area contributed by atoms with Crippen LogP contribution in [0.4, 0.5) is 4.79 Å². The first-order valence-electron chi connectivity index (χ1n) is 3.42. The van der Waals surface area contributed by atoms with Crippen LogP contribution in [0.25, 0.3) is 0 Å². The van der Waals surface area contributed by atoms with Crippen LogP contribution in [0, 0.1) is 5.41 Å². The summed E-state index contributed by atoms with van der Waals surface area (Å²) in [7, 11) is 0. The lowest BCUT2D eigenvalue weighted by molar-refractivity contribution is 0.0180. The Bertz CT molecular complexity index is 153. The van der Waals surface area contributed by atoms with Crippen LogP contribution in [0.2, 0.25) is 0 Å². The largest absolute Gasteiger partial charge is 0.449 e. The number of carbonyl (C=O) groups is 1. The number of hydrogen-bond acceptors (Lipinski definition) is 3. The van der Waals surface area contributed by atoms with Crippen LogP contribution in [0.1, 0.15) is 0 Å². The van der Waals surface area contributed by atoms with Crippen LogP contribution in [0.3, 0.4) is 0 Å². The van der Waals surface area contributed by atoms with Crippen molar-refractivity contribution in [3.8, 4) is 0 Å². The lowest BCUT2D eigenvalue weighted by Gasteiger charge is -2.44. The quantitative estimate of drug-likeness (QED) is 0.471. The van der Waals surface area contributed by atoms with Crippen molar-refractivity contribution in [3.05, 3.63) is 0 Å². The van der Waals surface area contributed by atoms with Crippen LogP contribution in [-0.4, -0.2) is 32.3 Å². The van der Waals surface area contributed by atoms with Gasteiger partial charge in [-0.25, -0.2) is 4.79 Å². The fourth-order valence-corrected chi connectivity index (χ4v) is 1.29. The topological polar surface area (TPSA) is 50.4 Å². The molecule has 2 aliphatic rings. The van der Waals surface area contributed by atoms with Crippen molar-refractivity contribution < 1.29 is 9.53 Å². The van der Waals surface area contributed by atoms with Crippen molar-refractivity contribution >= 4 is 6.09 Å². The van der Waals surface area contributed by atoms with Crippen LogP contribution in [0.5, 0.6) is 0 Å². The van der Waals surface area contributed by atoms with Crippen molar-refractivity contribution in [2.45, 2.75) is 0 Å². The molecule has 2 heterocycles. The van der Waals surface area contributed by atoms with Crippen molar-refractivity contribution in [2.75, 3.05) is 26.2 Å². The van der Waals surface area contributed by atoms with Gasteiger partial charge in [0.1, 0.15) is 6.61 Å². The Labute approximate surface area is 58.9 Å². The van der Waals surface area contributed by atoms with E-state index in [-0.39, 0.29) is 11.5 Å². The van der Waals surface area contributed by atoms with Crippen molar-refractivity contribution in [1.29, 1.82) is 0 Å². The molecule has 4 heteroatoms. The molecule has 0 aromatic rings. The maximum absolute atomic E-state index is 10.5. The SMILES string of the molecule is O=C1NCC2(CNC2)CO1. The highest BCUT2D eigenvalue weighted by atomic mass is 16.6. The molecule has 0 bridgehead atoms. The van der Waals surface area contributed by atoms with Gasteiger partial charge in [0, 0.05) is 25.0 Å². The van der Waals surface area contributed by atoms with E-state index in [0.717, 1.165) is 19.6 Å². The smallest absolute Gasteiger partial charge is 0.407 e. The van der Waals surface area contributed by atoms with E-state index < -0.39 is 0 Å². The van der Waals surface area contributed by atoms with Gasteiger partial charge in [0.05, 0.1) is 0 Å². The molecule has 2 N–H and O–H groups in total. The standard InChI is InChI=1S/C6H10N2O2/c9-5-8-3-6(4-10-5)1-7-2-6/h7H,1-4H2,(H,8,9). The fraction of sp³-hybridized carbons (Fsp3) is 0.833. The zero-order valence-electron chi connectivity index (χ0n) is 5.64. The molecular formula is C6H10N2O2. The number of amides is 1. The Balaban J connectivity index is 1.96. The van der Waals surface area contributed by atoms with E-state index >= 15 is 0 Å². The predicted octanol–water partition coefficient (Wildman–Crippen LogP) is -0.684. The number of ether oxygens (including phenoxy) is 1. The lowest BCUT2D eigenvalue weighted by atomic mass is 9.82. The monoisotopic (exact) mass is 142 g/mol. The molecule has 0 radical (unpaired) electrons. The molecule has 0 aliphatic carbocycles. The van der Waals surface area contributed by atoms with E-state index in [1.807, 2.05) is 0 Å². The molecule has 2 fully saturated rings. The molecule has 56 valence electrons. The second-order valence-electron chi connectivity index (χ2n) is 3.03. The second-order valence-corrected chi connectivity index (χ2v) is 3.03. The van der Waals surface area contributed by atoms with E-state index in [0.29, 0.717) is 6.61 Å². The van der Waals surface area contributed by atoms with Gasteiger partial charge in [-0.15, -0.1) is 0 Å². The Morgan fingerprint density at radius 1 is 1.40 bits per heavy atom. The van der Waals surface area contributed by atoms with Gasteiger partial charge >= 0.3 is 6.09 Å². The normalized spacial score (nSPS) is 28.6. The van der Waals surface area contributed by atoms with Crippen LogP contribution < -0.4 is 10.6 Å². The zero-order valence-corrected chi connectivity index (χ0v) is 5.64. The number of nitrogens with one attached hydrogen (secondary N) is 2. The summed E-state index contributed by atoms with van der Waals surface area (Å²) in [6.45, 7) is 3.27. The van der Waals surface area contributed by atoms with Crippen LogP contribution in [-0.2, 0) is 4.74 Å². The highest BCUT2D eigenvalue weighted by Crippen LogP contribution is 2.23. The van der Waals surface area contributed by atoms with Crippen molar-refractivity contribution in [2.24, 2.45) is 5.41 Å². The Hall–Kier alpha value is -0.770. The Morgan fingerprint density at radius 3 is 2.60 bits per heavy atom. The minimum Gasteiger partial charge on any atom is -0.449 e. The van der Waals surface area contributed by atoms with E-state index in [2.05, 4.69) is 10.6 Å². The van der Waals surface area contributed by atoms with Gasteiger partial charge in [-0.1, -0.05) is 0 Å². The van der Waals surface area contributed by atoms with Crippen LogP contribution >= 0.6 is 0 Å². The van der Waals surface area contributed by atoms with Gasteiger partial charge in [0.25, 0.3) is 0 Å².